The lowest BCUT2D eigenvalue weighted by molar-refractivity contribution is -0.137. The Balaban J connectivity index is 1.84. The highest BCUT2D eigenvalue weighted by molar-refractivity contribution is 6.06. The van der Waals surface area contributed by atoms with Gasteiger partial charge >= 0.3 is 5.97 Å². The lowest BCUT2D eigenvalue weighted by atomic mass is 9.85. The zero-order chi connectivity index (χ0) is 26.6. The highest BCUT2D eigenvalue weighted by Crippen LogP contribution is 2.39. The van der Waals surface area contributed by atoms with E-state index in [1.54, 1.807) is 38.1 Å². The lowest BCUT2D eigenvalue weighted by Gasteiger charge is -2.24. The number of aliphatic carboxylic acids is 1. The fourth-order valence-corrected chi connectivity index (χ4v) is 4.09. The molecule has 0 aromatic heterocycles. The third-order valence-corrected chi connectivity index (χ3v) is 5.79. The van der Waals surface area contributed by atoms with Gasteiger partial charge in [-0.25, -0.2) is 4.39 Å². The van der Waals surface area contributed by atoms with Gasteiger partial charge in [-0.1, -0.05) is 20.8 Å². The van der Waals surface area contributed by atoms with Crippen molar-refractivity contribution >= 4 is 17.6 Å². The maximum absolute atomic E-state index is 15.3. The van der Waals surface area contributed by atoms with Gasteiger partial charge in [-0.05, 0) is 49.1 Å². The maximum atomic E-state index is 15.3. The molecule has 36 heavy (non-hydrogen) atoms. The maximum Gasteiger partial charge on any atom is 0.306 e. The first kappa shape index (κ1) is 27.0. The standard InChI is InChI=1S/C27H33FN2O6/c1-6-34-21-13-17-14-30(26(29)23(17)24(28)25(21)35-7-2)15-19(31)16-8-9-20(36-11-10-22(32)33)18(12-16)27(3,4)5/h8-9,12-13,29H,6-7,10-11,14-15H2,1-5H3,(H,32,33). The average Bonchev–Trinajstić information content (AvgIpc) is 3.10. The number of carbonyl (C=O) groups is 2. The van der Waals surface area contributed by atoms with Crippen LogP contribution in [0.15, 0.2) is 24.3 Å². The van der Waals surface area contributed by atoms with Gasteiger partial charge in [0.1, 0.15) is 11.6 Å². The van der Waals surface area contributed by atoms with Gasteiger partial charge in [0, 0.05) is 17.7 Å². The Labute approximate surface area is 210 Å². The van der Waals surface area contributed by atoms with Gasteiger partial charge in [-0.2, -0.15) is 0 Å². The van der Waals surface area contributed by atoms with Crippen molar-refractivity contribution in [1.29, 1.82) is 5.41 Å². The molecule has 9 heteroatoms. The van der Waals surface area contributed by atoms with E-state index in [0.29, 0.717) is 23.5 Å². The van der Waals surface area contributed by atoms with Crippen LogP contribution in [-0.2, 0) is 16.8 Å². The number of rotatable bonds is 11. The van der Waals surface area contributed by atoms with Crippen LogP contribution in [0.25, 0.3) is 0 Å². The largest absolute Gasteiger partial charge is 0.493 e. The van der Waals surface area contributed by atoms with Crippen molar-refractivity contribution in [2.75, 3.05) is 26.4 Å². The molecule has 0 spiro atoms. The zero-order valence-electron chi connectivity index (χ0n) is 21.4. The minimum Gasteiger partial charge on any atom is -0.493 e. The second-order valence-electron chi connectivity index (χ2n) is 9.50. The van der Waals surface area contributed by atoms with Crippen LogP contribution in [0.1, 0.15) is 68.1 Å². The second-order valence-corrected chi connectivity index (χ2v) is 9.50. The first-order chi connectivity index (χ1) is 17.0. The number of nitrogens with one attached hydrogen (secondary N) is 1. The molecule has 1 heterocycles. The number of hydrogen-bond donors (Lipinski definition) is 2. The van der Waals surface area contributed by atoms with Crippen LogP contribution in [-0.4, -0.2) is 54.0 Å². The van der Waals surface area contributed by atoms with Gasteiger partial charge in [0.25, 0.3) is 0 Å². The molecule has 0 atom stereocenters. The molecular weight excluding hydrogens is 467 g/mol. The highest BCUT2D eigenvalue weighted by atomic mass is 19.1. The molecule has 0 radical (unpaired) electrons. The van der Waals surface area contributed by atoms with Crippen LogP contribution in [0.3, 0.4) is 0 Å². The molecule has 1 aliphatic heterocycles. The summed E-state index contributed by atoms with van der Waals surface area (Å²) in [5.74, 6) is -1.14. The molecule has 8 nitrogen and oxygen atoms in total. The number of halogens is 1. The molecule has 2 aromatic rings. The molecular formula is C27H33FN2O6. The van der Waals surface area contributed by atoms with Crippen LogP contribution in [0.5, 0.6) is 17.2 Å². The smallest absolute Gasteiger partial charge is 0.306 e. The number of Topliss-reactive ketones (excluding diaryl/α,β-unsaturated/α-hetero) is 1. The van der Waals surface area contributed by atoms with E-state index in [1.807, 2.05) is 20.8 Å². The van der Waals surface area contributed by atoms with Crippen LogP contribution in [0.2, 0.25) is 0 Å². The van der Waals surface area contributed by atoms with E-state index in [-0.39, 0.29) is 66.8 Å². The summed E-state index contributed by atoms with van der Waals surface area (Å²) in [6.07, 6.45) is -0.130. The Morgan fingerprint density at radius 2 is 1.78 bits per heavy atom. The molecule has 194 valence electrons. The fraction of sp³-hybridized carbons (Fsp3) is 0.444. The van der Waals surface area contributed by atoms with E-state index in [1.165, 1.54) is 4.90 Å². The summed E-state index contributed by atoms with van der Waals surface area (Å²) >= 11 is 0. The first-order valence-corrected chi connectivity index (χ1v) is 11.9. The minimum absolute atomic E-state index is 0.0218. The SMILES string of the molecule is CCOc1cc2c(c(F)c1OCC)C(=N)N(CC(=O)c1ccc(OCCC(=O)O)c(C(C)(C)C)c1)C2. The minimum atomic E-state index is -0.952. The number of amidine groups is 1. The predicted molar refractivity (Wildman–Crippen MR) is 133 cm³/mol. The summed E-state index contributed by atoms with van der Waals surface area (Å²) in [5.41, 5.74) is 1.52. The van der Waals surface area contributed by atoms with Crippen molar-refractivity contribution in [3.05, 3.63) is 52.3 Å². The van der Waals surface area contributed by atoms with E-state index < -0.39 is 11.8 Å². The van der Waals surface area contributed by atoms with Gasteiger partial charge in [-0.3, -0.25) is 15.0 Å². The number of carbonyl (C=O) groups excluding carboxylic acids is 1. The Morgan fingerprint density at radius 3 is 2.39 bits per heavy atom. The molecule has 2 N–H and O–H groups in total. The van der Waals surface area contributed by atoms with Crippen molar-refractivity contribution < 1.29 is 33.3 Å². The van der Waals surface area contributed by atoms with Gasteiger partial charge in [0.2, 0.25) is 0 Å². The Morgan fingerprint density at radius 1 is 1.08 bits per heavy atom. The summed E-state index contributed by atoms with van der Waals surface area (Å²) < 4.78 is 32.0. The van der Waals surface area contributed by atoms with E-state index in [9.17, 15) is 9.59 Å². The summed E-state index contributed by atoms with van der Waals surface area (Å²) in [5, 5.41) is 17.4. The topological polar surface area (TPSA) is 109 Å². The lowest BCUT2D eigenvalue weighted by Crippen LogP contribution is -2.30. The third kappa shape index (κ3) is 5.78. The van der Waals surface area contributed by atoms with E-state index >= 15 is 4.39 Å². The molecule has 0 saturated carbocycles. The molecule has 0 saturated heterocycles. The zero-order valence-corrected chi connectivity index (χ0v) is 21.4. The van der Waals surface area contributed by atoms with E-state index in [2.05, 4.69) is 0 Å². The number of carboxylic acid groups (broad SMARTS) is 1. The number of nitrogens with zero attached hydrogens (tertiary/aromatic N) is 1. The third-order valence-electron chi connectivity index (χ3n) is 5.79. The molecule has 0 unspecified atom stereocenters. The molecule has 0 bridgehead atoms. The molecule has 2 aromatic carbocycles. The molecule has 0 fully saturated rings. The van der Waals surface area contributed by atoms with E-state index in [4.69, 9.17) is 24.7 Å². The Kier molecular flexibility index (Phi) is 8.22. The van der Waals surface area contributed by atoms with Crippen LogP contribution < -0.4 is 14.2 Å². The van der Waals surface area contributed by atoms with E-state index in [0.717, 1.165) is 5.56 Å². The summed E-state index contributed by atoms with van der Waals surface area (Å²) in [4.78, 5) is 25.6. The quantitative estimate of drug-likeness (QED) is 0.427. The molecule has 0 aliphatic carbocycles. The molecule has 0 amide bonds. The Hall–Kier alpha value is -3.62. The van der Waals surface area contributed by atoms with Crippen LogP contribution >= 0.6 is 0 Å². The van der Waals surface area contributed by atoms with Gasteiger partial charge in [-0.15, -0.1) is 0 Å². The van der Waals surface area contributed by atoms with Crippen molar-refractivity contribution in [3.8, 4) is 17.2 Å². The highest BCUT2D eigenvalue weighted by Gasteiger charge is 2.33. The Bertz CT molecular complexity index is 1170. The van der Waals surface area contributed by atoms with Crippen molar-refractivity contribution in [2.24, 2.45) is 0 Å². The summed E-state index contributed by atoms with van der Waals surface area (Å²) in [6, 6.07) is 6.71. The normalized spacial score (nSPS) is 12.9. The summed E-state index contributed by atoms with van der Waals surface area (Å²) in [6.45, 7) is 10.2. The average molecular weight is 501 g/mol. The van der Waals surface area contributed by atoms with Crippen molar-refractivity contribution in [2.45, 2.75) is 53.0 Å². The number of ketones is 1. The number of carboxylic acids is 1. The fourth-order valence-electron chi connectivity index (χ4n) is 4.09. The van der Waals surface area contributed by atoms with Crippen LogP contribution in [0.4, 0.5) is 4.39 Å². The van der Waals surface area contributed by atoms with Crippen molar-refractivity contribution in [3.63, 3.8) is 0 Å². The number of benzene rings is 2. The second kappa shape index (κ2) is 11.0. The molecule has 3 rings (SSSR count). The van der Waals surface area contributed by atoms with Crippen LogP contribution in [0, 0.1) is 11.2 Å². The number of fused-ring (bicyclic) bond motifs is 1. The summed E-state index contributed by atoms with van der Waals surface area (Å²) in [7, 11) is 0. The van der Waals surface area contributed by atoms with Crippen molar-refractivity contribution in [1.82, 2.24) is 4.90 Å². The number of ether oxygens (including phenoxy) is 3. The number of hydrogen-bond acceptors (Lipinski definition) is 6. The predicted octanol–water partition coefficient (Wildman–Crippen LogP) is 4.80. The van der Waals surface area contributed by atoms with Gasteiger partial charge in [0.15, 0.2) is 23.1 Å². The molecule has 1 aliphatic rings. The monoisotopic (exact) mass is 500 g/mol. The van der Waals surface area contributed by atoms with Gasteiger partial charge < -0.3 is 24.2 Å². The van der Waals surface area contributed by atoms with Gasteiger partial charge in [0.05, 0.1) is 38.3 Å². The first-order valence-electron chi connectivity index (χ1n) is 11.9.